The first kappa shape index (κ1) is 22.2. The summed E-state index contributed by atoms with van der Waals surface area (Å²) in [6.45, 7) is 4.67. The van der Waals surface area contributed by atoms with E-state index in [1.54, 1.807) is 22.8 Å². The third-order valence-electron chi connectivity index (χ3n) is 6.50. The van der Waals surface area contributed by atoms with Crippen molar-refractivity contribution in [3.05, 3.63) is 24.2 Å². The van der Waals surface area contributed by atoms with Gasteiger partial charge in [0.15, 0.2) is 11.4 Å². The van der Waals surface area contributed by atoms with E-state index in [9.17, 15) is 13.2 Å². The number of aromatic nitrogens is 5. The molecule has 3 aromatic rings. The first-order chi connectivity index (χ1) is 15.9. The average Bonchev–Trinajstić information content (AvgIpc) is 3.44. The summed E-state index contributed by atoms with van der Waals surface area (Å²) in [6.07, 6.45) is -0.966. The van der Waals surface area contributed by atoms with Gasteiger partial charge in [-0.2, -0.15) is 22.5 Å². The monoisotopic (exact) mass is 481 g/mol. The Morgan fingerprint density at radius 3 is 2.70 bits per heavy atom. The molecule has 4 heterocycles. The third kappa shape index (κ3) is 4.99. The van der Waals surface area contributed by atoms with Crippen LogP contribution < -0.4 is 15.0 Å². The number of rotatable bonds is 8. The summed E-state index contributed by atoms with van der Waals surface area (Å²) < 4.78 is 48.5. The number of halogens is 3. The molecule has 12 heteroatoms. The van der Waals surface area contributed by atoms with Crippen molar-refractivity contribution in [1.29, 1.82) is 0 Å². The van der Waals surface area contributed by atoms with Gasteiger partial charge < -0.3 is 15.0 Å². The molecular formula is C21H26F3N7OS. The molecular weight excluding hydrogens is 455 g/mol. The summed E-state index contributed by atoms with van der Waals surface area (Å²) in [5, 5.41) is 8.87. The van der Waals surface area contributed by atoms with Gasteiger partial charge in [0, 0.05) is 43.8 Å². The number of aryl methyl sites for hydroxylation is 1. The standard InChI is InChI=1S/C21H26F3N7OS/c1-13-26-20(33-29-13)30-11-14-5-6-15(12-30)16(14)10-25-19-27-18-17(4-2-8-31(18)28-19)32-9-3-7-21(22,23)24/h2,4,8,14-16H,3,5-7,9-12H2,1H3,(H,25,28)/t14-,15?,16?/m0/s1. The molecule has 2 bridgehead atoms. The second-order valence-corrected chi connectivity index (χ2v) is 9.54. The molecule has 0 spiro atoms. The zero-order valence-electron chi connectivity index (χ0n) is 18.3. The van der Waals surface area contributed by atoms with Crippen molar-refractivity contribution in [1.82, 2.24) is 24.0 Å². The Morgan fingerprint density at radius 2 is 2.00 bits per heavy atom. The smallest absolute Gasteiger partial charge is 0.389 e. The summed E-state index contributed by atoms with van der Waals surface area (Å²) in [4.78, 5) is 11.4. The normalized spacial score (nSPS) is 22.8. The summed E-state index contributed by atoms with van der Waals surface area (Å²) in [6, 6.07) is 3.45. The summed E-state index contributed by atoms with van der Waals surface area (Å²) >= 11 is 1.47. The lowest BCUT2D eigenvalue weighted by molar-refractivity contribution is -0.136. The van der Waals surface area contributed by atoms with Gasteiger partial charge in [0.1, 0.15) is 5.82 Å². The zero-order chi connectivity index (χ0) is 23.0. The maximum atomic E-state index is 12.3. The minimum absolute atomic E-state index is 0.0229. The molecule has 1 saturated heterocycles. The van der Waals surface area contributed by atoms with E-state index in [-0.39, 0.29) is 13.0 Å². The Labute approximate surface area is 193 Å². The van der Waals surface area contributed by atoms with Crippen molar-refractivity contribution in [2.75, 3.05) is 36.5 Å². The highest BCUT2D eigenvalue weighted by Crippen LogP contribution is 2.43. The first-order valence-corrected chi connectivity index (χ1v) is 12.0. The maximum Gasteiger partial charge on any atom is 0.389 e. The van der Waals surface area contributed by atoms with E-state index < -0.39 is 12.6 Å². The molecule has 2 aliphatic rings. The Morgan fingerprint density at radius 1 is 1.21 bits per heavy atom. The van der Waals surface area contributed by atoms with Crippen LogP contribution in [-0.2, 0) is 0 Å². The van der Waals surface area contributed by atoms with Gasteiger partial charge in [0.25, 0.3) is 0 Å². The summed E-state index contributed by atoms with van der Waals surface area (Å²) in [5.41, 5.74) is 0.497. The van der Waals surface area contributed by atoms with Gasteiger partial charge in [-0.25, -0.2) is 9.50 Å². The fraction of sp³-hybridized carbons (Fsp3) is 0.619. The summed E-state index contributed by atoms with van der Waals surface area (Å²) in [7, 11) is 0. The van der Waals surface area contributed by atoms with Crippen LogP contribution in [0.4, 0.5) is 24.3 Å². The number of hydrogen-bond acceptors (Lipinski definition) is 8. The van der Waals surface area contributed by atoms with E-state index in [0.29, 0.717) is 35.1 Å². The van der Waals surface area contributed by atoms with Gasteiger partial charge in [0.2, 0.25) is 11.1 Å². The number of anilines is 2. The van der Waals surface area contributed by atoms with Gasteiger partial charge in [-0.15, -0.1) is 5.10 Å². The number of ether oxygens (including phenoxy) is 1. The van der Waals surface area contributed by atoms with Crippen LogP contribution in [0.5, 0.6) is 5.75 Å². The molecule has 2 unspecified atom stereocenters. The number of fused-ring (bicyclic) bond motifs is 3. The van der Waals surface area contributed by atoms with Crippen LogP contribution in [0.2, 0.25) is 0 Å². The van der Waals surface area contributed by atoms with Crippen LogP contribution in [0.3, 0.4) is 0 Å². The number of nitrogens with one attached hydrogen (secondary N) is 1. The van der Waals surface area contributed by atoms with Crippen molar-refractivity contribution >= 4 is 28.3 Å². The van der Waals surface area contributed by atoms with Crippen LogP contribution in [0, 0.1) is 24.7 Å². The molecule has 0 aromatic carbocycles. The number of hydrogen-bond donors (Lipinski definition) is 1. The van der Waals surface area contributed by atoms with E-state index in [4.69, 9.17) is 4.74 Å². The lowest BCUT2D eigenvalue weighted by atomic mass is 9.85. The Hall–Kier alpha value is -2.63. The second kappa shape index (κ2) is 8.96. The molecule has 0 radical (unpaired) electrons. The number of piperidine rings is 1. The van der Waals surface area contributed by atoms with Crippen molar-refractivity contribution in [2.24, 2.45) is 17.8 Å². The molecule has 3 aromatic heterocycles. The van der Waals surface area contributed by atoms with E-state index in [1.807, 2.05) is 6.92 Å². The average molecular weight is 482 g/mol. The number of nitrogens with zero attached hydrogens (tertiary/aromatic N) is 6. The molecule has 178 valence electrons. The molecule has 5 rings (SSSR count). The quantitative estimate of drug-likeness (QED) is 0.484. The molecule has 33 heavy (non-hydrogen) atoms. The molecule has 8 nitrogen and oxygen atoms in total. The molecule has 1 aliphatic heterocycles. The van der Waals surface area contributed by atoms with E-state index in [2.05, 4.69) is 29.7 Å². The number of alkyl halides is 3. The van der Waals surface area contributed by atoms with Gasteiger partial charge in [0.05, 0.1) is 6.61 Å². The van der Waals surface area contributed by atoms with Crippen molar-refractivity contribution in [3.8, 4) is 5.75 Å². The third-order valence-corrected chi connectivity index (χ3v) is 7.37. The van der Waals surface area contributed by atoms with Crippen LogP contribution in [0.1, 0.15) is 31.5 Å². The van der Waals surface area contributed by atoms with E-state index in [0.717, 1.165) is 30.6 Å². The Bertz CT molecular complexity index is 1090. The Balaban J connectivity index is 1.19. The predicted octanol–water partition coefficient (Wildman–Crippen LogP) is 4.19. The topological polar surface area (TPSA) is 80.5 Å². The largest absolute Gasteiger partial charge is 0.490 e. The van der Waals surface area contributed by atoms with Gasteiger partial charge in [-0.05, 0) is 56.1 Å². The van der Waals surface area contributed by atoms with Crippen molar-refractivity contribution in [2.45, 2.75) is 38.8 Å². The maximum absolute atomic E-state index is 12.3. The lowest BCUT2D eigenvalue weighted by Crippen LogP contribution is -2.44. The fourth-order valence-corrected chi connectivity index (χ4v) is 5.66. The van der Waals surface area contributed by atoms with Crippen LogP contribution in [0.25, 0.3) is 5.65 Å². The number of pyridine rings is 1. The minimum Gasteiger partial charge on any atom is -0.490 e. The molecule has 1 aliphatic carbocycles. The Kier molecular flexibility index (Phi) is 6.02. The highest BCUT2D eigenvalue weighted by molar-refractivity contribution is 7.09. The molecule has 2 fully saturated rings. The van der Waals surface area contributed by atoms with Crippen LogP contribution in [0.15, 0.2) is 18.3 Å². The summed E-state index contributed by atoms with van der Waals surface area (Å²) in [5.74, 6) is 3.48. The highest BCUT2D eigenvalue weighted by atomic mass is 32.1. The molecule has 0 amide bonds. The molecule has 1 N–H and O–H groups in total. The second-order valence-electron chi connectivity index (χ2n) is 8.81. The van der Waals surface area contributed by atoms with E-state index >= 15 is 0 Å². The van der Waals surface area contributed by atoms with Crippen LogP contribution >= 0.6 is 11.5 Å². The fourth-order valence-electron chi connectivity index (χ4n) is 4.97. The zero-order valence-corrected chi connectivity index (χ0v) is 19.1. The van der Waals surface area contributed by atoms with Gasteiger partial charge in [-0.1, -0.05) is 0 Å². The van der Waals surface area contributed by atoms with Gasteiger partial charge >= 0.3 is 6.18 Å². The van der Waals surface area contributed by atoms with Crippen LogP contribution in [-0.4, -0.2) is 56.4 Å². The predicted molar refractivity (Wildman–Crippen MR) is 119 cm³/mol. The lowest BCUT2D eigenvalue weighted by Gasteiger charge is -2.37. The first-order valence-electron chi connectivity index (χ1n) is 11.2. The van der Waals surface area contributed by atoms with Crippen molar-refractivity contribution in [3.63, 3.8) is 0 Å². The highest BCUT2D eigenvalue weighted by Gasteiger charge is 2.42. The van der Waals surface area contributed by atoms with Crippen molar-refractivity contribution < 1.29 is 17.9 Å². The minimum atomic E-state index is -4.17. The SMILES string of the molecule is Cc1nsc(N2CC3CC[C@@H](C2)C3CNc2nc3c(OCCCC(F)(F)F)cccn3n2)n1. The molecule has 1 saturated carbocycles. The molecule has 3 atom stereocenters. The van der Waals surface area contributed by atoms with E-state index in [1.165, 1.54) is 24.4 Å². The van der Waals surface area contributed by atoms with Gasteiger partial charge in [-0.3, -0.25) is 0 Å².